The van der Waals surface area contributed by atoms with E-state index in [1.165, 1.54) is 17.3 Å². The standard InChI is InChI=1S/C14H17N3OS2/c1-10-3-8-19-11(10)9-12-13(18)15-14(20-12)17-6-4-16(2)5-7-17/h3,8-9H,4-7H2,1-2H3/p+1/b12-9-. The smallest absolute Gasteiger partial charge is 0.286 e. The van der Waals surface area contributed by atoms with Crippen molar-refractivity contribution in [2.45, 2.75) is 6.92 Å². The maximum absolute atomic E-state index is 12.0. The predicted molar refractivity (Wildman–Crippen MR) is 85.3 cm³/mol. The summed E-state index contributed by atoms with van der Waals surface area (Å²) >= 11 is 3.18. The molecule has 20 heavy (non-hydrogen) atoms. The zero-order valence-electron chi connectivity index (χ0n) is 11.7. The third kappa shape index (κ3) is 2.82. The predicted octanol–water partition coefficient (Wildman–Crippen LogP) is 0.857. The van der Waals surface area contributed by atoms with E-state index in [2.05, 4.69) is 35.3 Å². The lowest BCUT2D eigenvalue weighted by Crippen LogP contribution is -3.12. The van der Waals surface area contributed by atoms with E-state index in [-0.39, 0.29) is 5.91 Å². The van der Waals surface area contributed by atoms with Gasteiger partial charge in [0.25, 0.3) is 5.91 Å². The number of nitrogens with zero attached hydrogens (tertiary/aromatic N) is 2. The molecule has 6 heteroatoms. The summed E-state index contributed by atoms with van der Waals surface area (Å²) in [4.78, 5) is 21.9. The topological polar surface area (TPSA) is 37.1 Å². The largest absolute Gasteiger partial charge is 0.339 e. The summed E-state index contributed by atoms with van der Waals surface area (Å²) < 4.78 is 0. The number of aliphatic imine (C=N–C) groups is 1. The van der Waals surface area contributed by atoms with E-state index in [4.69, 9.17) is 0 Å². The molecule has 0 atom stereocenters. The quantitative estimate of drug-likeness (QED) is 0.782. The molecular weight excluding hydrogens is 290 g/mol. The van der Waals surface area contributed by atoms with Crippen LogP contribution < -0.4 is 4.90 Å². The van der Waals surface area contributed by atoms with Gasteiger partial charge >= 0.3 is 0 Å². The second-order valence-corrected chi connectivity index (χ2v) is 7.18. The van der Waals surface area contributed by atoms with Gasteiger partial charge in [-0.25, -0.2) is 0 Å². The molecule has 1 N–H and O–H groups in total. The van der Waals surface area contributed by atoms with E-state index in [1.807, 2.05) is 6.08 Å². The van der Waals surface area contributed by atoms with Crippen LogP contribution in [0.5, 0.6) is 0 Å². The molecule has 0 radical (unpaired) electrons. The summed E-state index contributed by atoms with van der Waals surface area (Å²) in [6, 6.07) is 2.08. The third-order valence-corrected chi connectivity index (χ3v) is 5.67. The second-order valence-electron chi connectivity index (χ2n) is 5.22. The minimum absolute atomic E-state index is 0.0934. The molecule has 1 aromatic rings. The Morgan fingerprint density at radius 1 is 1.40 bits per heavy atom. The molecule has 1 fully saturated rings. The number of thiophene rings is 1. The Morgan fingerprint density at radius 3 is 2.80 bits per heavy atom. The number of thioether (sulfide) groups is 1. The highest BCUT2D eigenvalue weighted by Crippen LogP contribution is 2.32. The molecule has 1 amide bonds. The highest BCUT2D eigenvalue weighted by molar-refractivity contribution is 8.18. The normalized spacial score (nSPS) is 22.7. The van der Waals surface area contributed by atoms with Gasteiger partial charge in [-0.3, -0.25) is 4.79 Å². The van der Waals surface area contributed by atoms with Crippen molar-refractivity contribution in [1.82, 2.24) is 4.90 Å². The van der Waals surface area contributed by atoms with E-state index >= 15 is 0 Å². The van der Waals surface area contributed by atoms with Crippen molar-refractivity contribution in [3.8, 4) is 0 Å². The van der Waals surface area contributed by atoms with Crippen molar-refractivity contribution in [2.75, 3.05) is 33.2 Å². The molecule has 3 heterocycles. The zero-order valence-corrected chi connectivity index (χ0v) is 13.3. The summed E-state index contributed by atoms with van der Waals surface area (Å²) in [6.45, 7) is 6.25. The molecule has 0 bridgehead atoms. The lowest BCUT2D eigenvalue weighted by molar-refractivity contribution is -0.883. The van der Waals surface area contributed by atoms with Gasteiger partial charge in [-0.1, -0.05) is 0 Å². The summed E-state index contributed by atoms with van der Waals surface area (Å²) in [5, 5.41) is 2.93. The fourth-order valence-corrected chi connectivity index (χ4v) is 4.14. The Kier molecular flexibility index (Phi) is 3.96. The fourth-order valence-electron chi connectivity index (χ4n) is 2.26. The zero-order chi connectivity index (χ0) is 14.1. The first-order valence-electron chi connectivity index (χ1n) is 6.76. The Morgan fingerprint density at radius 2 is 2.15 bits per heavy atom. The van der Waals surface area contributed by atoms with Gasteiger partial charge in [-0.05, 0) is 41.8 Å². The molecule has 106 valence electrons. The minimum Gasteiger partial charge on any atom is -0.339 e. The number of amidine groups is 1. The molecule has 1 aromatic heterocycles. The first-order valence-corrected chi connectivity index (χ1v) is 8.46. The molecule has 0 unspecified atom stereocenters. The van der Waals surface area contributed by atoms with Crippen molar-refractivity contribution in [1.29, 1.82) is 0 Å². The number of nitrogens with one attached hydrogen (secondary N) is 1. The number of carbonyl (C=O) groups excluding carboxylic acids is 1. The van der Waals surface area contributed by atoms with Crippen LogP contribution in [0, 0.1) is 6.92 Å². The van der Waals surface area contributed by atoms with Crippen LogP contribution in [0.25, 0.3) is 6.08 Å². The molecular formula is C14H18N3OS2+. The maximum Gasteiger partial charge on any atom is 0.286 e. The van der Waals surface area contributed by atoms with Gasteiger partial charge in [0, 0.05) is 4.88 Å². The average Bonchev–Trinajstić information content (AvgIpc) is 2.99. The molecule has 0 aliphatic carbocycles. The summed E-state index contributed by atoms with van der Waals surface area (Å²) in [6.07, 6.45) is 1.98. The number of rotatable bonds is 1. The van der Waals surface area contributed by atoms with Crippen LogP contribution in [-0.2, 0) is 4.79 Å². The van der Waals surface area contributed by atoms with Crippen LogP contribution in [0.15, 0.2) is 21.3 Å². The first-order chi connectivity index (χ1) is 9.63. The number of hydrogen-bond donors (Lipinski definition) is 1. The molecule has 1 saturated heterocycles. The van der Waals surface area contributed by atoms with Crippen LogP contribution in [0.3, 0.4) is 0 Å². The number of amides is 1. The van der Waals surface area contributed by atoms with E-state index in [1.54, 1.807) is 16.2 Å². The van der Waals surface area contributed by atoms with Gasteiger partial charge in [0.05, 0.1) is 38.1 Å². The lowest BCUT2D eigenvalue weighted by Gasteiger charge is -2.30. The maximum atomic E-state index is 12.0. The summed E-state index contributed by atoms with van der Waals surface area (Å²) in [5.74, 6) is -0.0934. The number of carbonyl (C=O) groups is 1. The molecule has 0 saturated carbocycles. The van der Waals surface area contributed by atoms with Crippen molar-refractivity contribution in [3.05, 3.63) is 26.8 Å². The number of quaternary nitrogens is 1. The monoisotopic (exact) mass is 308 g/mol. The third-order valence-electron chi connectivity index (χ3n) is 3.66. The Hall–Kier alpha value is -1.11. The Bertz CT molecular complexity index is 583. The van der Waals surface area contributed by atoms with Gasteiger partial charge in [0.1, 0.15) is 0 Å². The molecule has 4 nitrogen and oxygen atoms in total. The molecule has 3 rings (SSSR count). The van der Waals surface area contributed by atoms with E-state index in [0.29, 0.717) is 0 Å². The molecule has 2 aliphatic rings. The first kappa shape index (κ1) is 13.9. The molecule has 2 aliphatic heterocycles. The number of hydrogen-bond acceptors (Lipinski definition) is 4. The van der Waals surface area contributed by atoms with Gasteiger partial charge in [-0.2, -0.15) is 4.99 Å². The average molecular weight is 308 g/mol. The van der Waals surface area contributed by atoms with Gasteiger partial charge < -0.3 is 9.80 Å². The van der Waals surface area contributed by atoms with Gasteiger partial charge in [0.15, 0.2) is 5.17 Å². The van der Waals surface area contributed by atoms with Gasteiger partial charge in [0.2, 0.25) is 0 Å². The number of piperazine rings is 1. The lowest BCUT2D eigenvalue weighted by atomic mass is 10.3. The minimum atomic E-state index is -0.0934. The SMILES string of the molecule is Cc1ccsc1/C=C1\SC(N2CC[NH+](C)CC2)=NC1=O. The molecule has 0 spiro atoms. The van der Waals surface area contributed by atoms with Crippen molar-refractivity contribution in [3.63, 3.8) is 0 Å². The van der Waals surface area contributed by atoms with Crippen LogP contribution in [0.1, 0.15) is 10.4 Å². The number of aryl methyl sites for hydroxylation is 1. The Balaban J connectivity index is 1.73. The van der Waals surface area contributed by atoms with Crippen molar-refractivity contribution < 1.29 is 9.69 Å². The highest BCUT2D eigenvalue weighted by Gasteiger charge is 2.28. The summed E-state index contributed by atoms with van der Waals surface area (Å²) in [5.41, 5.74) is 1.22. The van der Waals surface area contributed by atoms with Crippen LogP contribution in [0.4, 0.5) is 0 Å². The molecule has 0 aromatic carbocycles. The van der Waals surface area contributed by atoms with Crippen LogP contribution >= 0.6 is 23.1 Å². The van der Waals surface area contributed by atoms with E-state index < -0.39 is 0 Å². The number of likely N-dealkylation sites (N-methyl/N-ethyl adjacent to an activating group) is 1. The van der Waals surface area contributed by atoms with E-state index in [0.717, 1.165) is 41.1 Å². The summed E-state index contributed by atoms with van der Waals surface area (Å²) in [7, 11) is 2.21. The van der Waals surface area contributed by atoms with Crippen LogP contribution in [-0.4, -0.2) is 49.2 Å². The van der Waals surface area contributed by atoms with Gasteiger partial charge in [-0.15, -0.1) is 11.3 Å². The van der Waals surface area contributed by atoms with Crippen LogP contribution in [0.2, 0.25) is 0 Å². The van der Waals surface area contributed by atoms with Crippen molar-refractivity contribution in [2.24, 2.45) is 4.99 Å². The highest BCUT2D eigenvalue weighted by atomic mass is 32.2. The fraction of sp³-hybridized carbons (Fsp3) is 0.429. The van der Waals surface area contributed by atoms with Crippen molar-refractivity contribution >= 4 is 40.2 Å². The second kappa shape index (κ2) is 5.71. The Labute approximate surface area is 127 Å². The van der Waals surface area contributed by atoms with E-state index in [9.17, 15) is 4.79 Å².